The highest BCUT2D eigenvalue weighted by Crippen LogP contribution is 2.46. The van der Waals surface area contributed by atoms with Crippen LogP contribution in [0.15, 0.2) is 60.7 Å². The van der Waals surface area contributed by atoms with Crippen LogP contribution < -0.4 is 9.80 Å². The quantitative estimate of drug-likeness (QED) is 0.236. The van der Waals surface area contributed by atoms with Crippen molar-refractivity contribution in [3.05, 3.63) is 71.8 Å². The Balaban J connectivity index is 1.50. The number of imidazole rings is 1. The number of phenols is 1. The fourth-order valence-corrected chi connectivity index (χ4v) is 7.02. The molecular weight excluding hydrogens is 516 g/mol. The molecular formula is C37H46N4O. The topological polar surface area (TPSA) is 55.4 Å². The predicted octanol–water partition coefficient (Wildman–Crippen LogP) is 9.34. The summed E-state index contributed by atoms with van der Waals surface area (Å²) in [6, 6.07) is 21.8. The zero-order valence-corrected chi connectivity index (χ0v) is 25.8. The van der Waals surface area contributed by atoms with Gasteiger partial charge in [0.05, 0.1) is 17.0 Å². The van der Waals surface area contributed by atoms with Gasteiger partial charge in [0.2, 0.25) is 0 Å². The van der Waals surface area contributed by atoms with Crippen LogP contribution in [0.5, 0.6) is 5.75 Å². The van der Waals surface area contributed by atoms with Crippen LogP contribution in [0.1, 0.15) is 87.2 Å². The monoisotopic (exact) mass is 562 g/mol. The van der Waals surface area contributed by atoms with Gasteiger partial charge in [-0.05, 0) is 79.0 Å². The van der Waals surface area contributed by atoms with E-state index < -0.39 is 0 Å². The molecule has 2 saturated carbocycles. The molecule has 2 aliphatic rings. The first-order chi connectivity index (χ1) is 20.4. The van der Waals surface area contributed by atoms with Gasteiger partial charge in [0.1, 0.15) is 11.6 Å². The van der Waals surface area contributed by atoms with Gasteiger partial charge in [-0.15, -0.1) is 0 Å². The minimum absolute atomic E-state index is 0.416. The zero-order valence-electron chi connectivity index (χ0n) is 25.8. The summed E-state index contributed by atoms with van der Waals surface area (Å²) in [5.74, 6) is 2.15. The van der Waals surface area contributed by atoms with Crippen LogP contribution in [-0.4, -0.2) is 43.3 Å². The number of nitrogens with zero attached hydrogens (tertiary/aromatic N) is 3. The number of benzene rings is 3. The van der Waals surface area contributed by atoms with E-state index in [0.717, 1.165) is 63.7 Å². The van der Waals surface area contributed by atoms with Crippen molar-refractivity contribution < 1.29 is 5.11 Å². The Morgan fingerprint density at radius 3 is 1.74 bits per heavy atom. The van der Waals surface area contributed by atoms with Gasteiger partial charge in [-0.2, -0.15) is 0 Å². The summed E-state index contributed by atoms with van der Waals surface area (Å²) in [6.45, 7) is 0. The van der Waals surface area contributed by atoms with Gasteiger partial charge >= 0.3 is 0 Å². The van der Waals surface area contributed by atoms with E-state index in [1.165, 1.54) is 56.9 Å². The maximum atomic E-state index is 11.9. The van der Waals surface area contributed by atoms with Crippen molar-refractivity contribution in [2.45, 2.75) is 76.0 Å². The molecule has 3 aromatic carbocycles. The van der Waals surface area contributed by atoms with E-state index in [4.69, 9.17) is 4.98 Å². The number of rotatable bonds is 7. The average molecular weight is 563 g/mol. The number of hydrogen-bond acceptors (Lipinski definition) is 4. The number of anilines is 2. The molecule has 0 radical (unpaired) electrons. The van der Waals surface area contributed by atoms with Crippen LogP contribution >= 0.6 is 0 Å². The summed E-state index contributed by atoms with van der Waals surface area (Å²) in [5, 5.41) is 11.9. The molecule has 0 spiro atoms. The van der Waals surface area contributed by atoms with E-state index in [0.29, 0.717) is 17.6 Å². The second-order valence-electron chi connectivity index (χ2n) is 12.9. The summed E-state index contributed by atoms with van der Waals surface area (Å²) in [6.07, 6.45) is 12.5. The molecule has 6 rings (SSSR count). The van der Waals surface area contributed by atoms with Crippen LogP contribution in [0, 0.1) is 0 Å². The molecule has 5 heteroatoms. The van der Waals surface area contributed by atoms with E-state index in [1.54, 1.807) is 0 Å². The normalized spacial score (nSPS) is 16.5. The molecule has 42 heavy (non-hydrogen) atoms. The highest BCUT2D eigenvalue weighted by Gasteiger charge is 2.26. The standard InChI is InChI=1S/C37H46N4O/c1-40(2)30-19-15-27(16-20-30)34-35(28-17-21-31(22-18-28)41(3)4)39-37(38-34)33-24-29(25-11-7-5-8-12-25)23-32(36(33)42)26-13-9-6-10-14-26/h15-26,42H,5-14H2,1-4H3,(H,38,39). The van der Waals surface area contributed by atoms with E-state index in [2.05, 4.69) is 104 Å². The number of hydrogen-bond donors (Lipinski definition) is 2. The van der Waals surface area contributed by atoms with Gasteiger partial charge in [-0.25, -0.2) is 4.98 Å². The maximum absolute atomic E-state index is 11.9. The molecule has 0 bridgehead atoms. The number of phenolic OH excluding ortho intramolecular Hbond substituents is 1. The first-order valence-corrected chi connectivity index (χ1v) is 15.9. The highest BCUT2D eigenvalue weighted by atomic mass is 16.3. The number of aromatic nitrogens is 2. The van der Waals surface area contributed by atoms with Gasteiger partial charge in [0.25, 0.3) is 0 Å². The first kappa shape index (κ1) is 28.4. The zero-order chi connectivity index (χ0) is 29.2. The highest BCUT2D eigenvalue weighted by molar-refractivity contribution is 5.83. The van der Waals surface area contributed by atoms with Crippen LogP contribution in [-0.2, 0) is 0 Å². The Morgan fingerprint density at radius 1 is 0.667 bits per heavy atom. The van der Waals surface area contributed by atoms with E-state index >= 15 is 0 Å². The molecule has 220 valence electrons. The second-order valence-corrected chi connectivity index (χ2v) is 12.9. The summed E-state index contributed by atoms with van der Waals surface area (Å²) >= 11 is 0. The molecule has 2 aliphatic carbocycles. The van der Waals surface area contributed by atoms with Crippen molar-refractivity contribution >= 4 is 11.4 Å². The summed E-state index contributed by atoms with van der Waals surface area (Å²) in [7, 11) is 8.25. The van der Waals surface area contributed by atoms with Crippen molar-refractivity contribution in [2.24, 2.45) is 0 Å². The maximum Gasteiger partial charge on any atom is 0.142 e. The van der Waals surface area contributed by atoms with Gasteiger partial charge in [0, 0.05) is 50.7 Å². The molecule has 1 heterocycles. The lowest BCUT2D eigenvalue weighted by Crippen LogP contribution is -2.09. The molecule has 0 atom stereocenters. The average Bonchev–Trinajstić information content (AvgIpc) is 3.47. The Hall–Kier alpha value is -3.73. The van der Waals surface area contributed by atoms with Crippen molar-refractivity contribution in [1.29, 1.82) is 0 Å². The largest absolute Gasteiger partial charge is 0.507 e. The Kier molecular flexibility index (Phi) is 8.28. The first-order valence-electron chi connectivity index (χ1n) is 15.9. The fourth-order valence-electron chi connectivity index (χ4n) is 7.02. The van der Waals surface area contributed by atoms with Crippen LogP contribution in [0.2, 0.25) is 0 Å². The molecule has 1 aromatic heterocycles. The number of aromatic hydroxyl groups is 1. The molecule has 2 N–H and O–H groups in total. The third-order valence-electron chi connectivity index (χ3n) is 9.57. The molecule has 5 nitrogen and oxygen atoms in total. The lowest BCUT2D eigenvalue weighted by Gasteiger charge is -2.27. The van der Waals surface area contributed by atoms with Crippen LogP contribution in [0.25, 0.3) is 33.9 Å². The Bertz CT molecular complexity index is 1420. The fraction of sp³-hybridized carbons (Fsp3) is 0.432. The number of nitrogens with one attached hydrogen (secondary N) is 1. The van der Waals surface area contributed by atoms with Crippen molar-refractivity contribution in [1.82, 2.24) is 9.97 Å². The van der Waals surface area contributed by atoms with Crippen molar-refractivity contribution in [2.75, 3.05) is 38.0 Å². The van der Waals surface area contributed by atoms with Gasteiger partial charge < -0.3 is 19.9 Å². The van der Waals surface area contributed by atoms with Gasteiger partial charge in [-0.1, -0.05) is 68.9 Å². The summed E-state index contributed by atoms with van der Waals surface area (Å²) in [4.78, 5) is 13.2. The van der Waals surface area contributed by atoms with E-state index in [1.807, 2.05) is 0 Å². The smallest absolute Gasteiger partial charge is 0.142 e. The number of H-pyrrole nitrogens is 1. The summed E-state index contributed by atoms with van der Waals surface area (Å²) < 4.78 is 0. The van der Waals surface area contributed by atoms with Gasteiger partial charge in [-0.3, -0.25) is 0 Å². The SMILES string of the molecule is CN(C)c1ccc(-c2nc(-c3cc(C4CCCCC4)cc(C4CCCCC4)c3O)[nH]c2-c2ccc(N(C)C)cc2)cc1. The summed E-state index contributed by atoms with van der Waals surface area (Å²) in [5.41, 5.74) is 9.72. The lowest BCUT2D eigenvalue weighted by molar-refractivity contribution is 0.411. The molecule has 0 amide bonds. The third kappa shape index (κ3) is 5.79. The van der Waals surface area contributed by atoms with E-state index in [-0.39, 0.29) is 0 Å². The molecule has 0 unspecified atom stereocenters. The van der Waals surface area contributed by atoms with Crippen LogP contribution in [0.3, 0.4) is 0 Å². The van der Waals surface area contributed by atoms with E-state index in [9.17, 15) is 5.11 Å². The predicted molar refractivity (Wildman–Crippen MR) is 177 cm³/mol. The molecule has 2 fully saturated rings. The van der Waals surface area contributed by atoms with Crippen LogP contribution in [0.4, 0.5) is 11.4 Å². The minimum Gasteiger partial charge on any atom is -0.507 e. The Labute approximate surface area is 251 Å². The van der Waals surface area contributed by atoms with Crippen molar-refractivity contribution in [3.8, 4) is 39.7 Å². The second kappa shape index (κ2) is 12.2. The van der Waals surface area contributed by atoms with Crippen molar-refractivity contribution in [3.63, 3.8) is 0 Å². The number of aromatic amines is 1. The Morgan fingerprint density at radius 2 is 1.19 bits per heavy atom. The lowest BCUT2D eigenvalue weighted by atomic mass is 9.78. The van der Waals surface area contributed by atoms with Gasteiger partial charge in [0.15, 0.2) is 0 Å². The third-order valence-corrected chi connectivity index (χ3v) is 9.57. The minimum atomic E-state index is 0.416. The molecule has 0 aliphatic heterocycles. The molecule has 4 aromatic rings. The molecule has 0 saturated heterocycles.